The highest BCUT2D eigenvalue weighted by atomic mass is 32.2. The number of hydrogen-bond donors (Lipinski definition) is 2. The van der Waals surface area contributed by atoms with E-state index in [0.29, 0.717) is 35.1 Å². The molecule has 176 valence electrons. The average molecular weight is 489 g/mol. The Morgan fingerprint density at radius 1 is 1.21 bits per heavy atom. The van der Waals surface area contributed by atoms with Crippen LogP contribution in [0.25, 0.3) is 10.2 Å². The molecule has 0 aliphatic carbocycles. The van der Waals surface area contributed by atoms with E-state index in [4.69, 9.17) is 9.72 Å². The molecule has 0 aliphatic heterocycles. The smallest absolute Gasteiger partial charge is 0.321 e. The molecular formula is C23H28N4O4S2. The molecule has 33 heavy (non-hydrogen) atoms. The van der Waals surface area contributed by atoms with Gasteiger partial charge < -0.3 is 10.1 Å². The number of ether oxygens (including phenoxy) is 1. The van der Waals surface area contributed by atoms with E-state index < -0.39 is 11.9 Å². The molecule has 2 aromatic heterocycles. The number of urea groups is 1. The Hall–Kier alpha value is -2.69. The molecule has 0 saturated carbocycles. The number of carbonyl (C=O) groups is 2. The van der Waals surface area contributed by atoms with Crippen molar-refractivity contribution in [3.8, 4) is 0 Å². The first-order valence-electron chi connectivity index (χ1n) is 10.6. The minimum atomic E-state index is -0.584. The fraction of sp³-hybridized carbons (Fsp3) is 0.391. The number of carbonyl (C=O) groups excluding carboxylic acids is 2. The lowest BCUT2D eigenvalue weighted by atomic mass is 10.1. The number of methoxy groups -OCH3 is 1. The number of benzene rings is 1. The van der Waals surface area contributed by atoms with Gasteiger partial charge in [0.1, 0.15) is 4.83 Å². The van der Waals surface area contributed by atoms with Crippen molar-refractivity contribution in [3.63, 3.8) is 0 Å². The lowest BCUT2D eigenvalue weighted by Crippen LogP contribution is -2.41. The summed E-state index contributed by atoms with van der Waals surface area (Å²) in [5.74, 6) is -0.517. The summed E-state index contributed by atoms with van der Waals surface area (Å²) in [4.78, 5) is 44.1. The first-order valence-corrected chi connectivity index (χ1v) is 12.4. The van der Waals surface area contributed by atoms with Crippen LogP contribution in [0.4, 0.5) is 4.79 Å². The highest BCUT2D eigenvalue weighted by Crippen LogP contribution is 2.29. The summed E-state index contributed by atoms with van der Waals surface area (Å²) >= 11 is 2.65. The number of nitrogens with zero attached hydrogens (tertiary/aromatic N) is 2. The van der Waals surface area contributed by atoms with Gasteiger partial charge in [0.15, 0.2) is 5.16 Å². The second-order valence-corrected chi connectivity index (χ2v) is 9.57. The van der Waals surface area contributed by atoms with Crippen LogP contribution in [0.5, 0.6) is 0 Å². The van der Waals surface area contributed by atoms with Crippen LogP contribution in [0.3, 0.4) is 0 Å². The summed E-state index contributed by atoms with van der Waals surface area (Å²) in [6.07, 6.45) is 0.827. The van der Waals surface area contributed by atoms with Gasteiger partial charge in [0.05, 0.1) is 24.3 Å². The molecule has 10 heteroatoms. The first-order chi connectivity index (χ1) is 15.8. The first kappa shape index (κ1) is 24.9. The third kappa shape index (κ3) is 6.21. The van der Waals surface area contributed by atoms with Crippen LogP contribution < -0.4 is 16.2 Å². The predicted molar refractivity (Wildman–Crippen MR) is 132 cm³/mol. The van der Waals surface area contributed by atoms with Crippen LogP contribution in [0.15, 0.2) is 34.2 Å². The molecule has 2 heterocycles. The van der Waals surface area contributed by atoms with Crippen molar-refractivity contribution in [2.45, 2.75) is 38.9 Å². The summed E-state index contributed by atoms with van der Waals surface area (Å²) < 4.78 is 6.48. The number of aryl methyl sites for hydroxylation is 3. The number of amides is 3. The summed E-state index contributed by atoms with van der Waals surface area (Å²) in [7, 11) is 1.53. The van der Waals surface area contributed by atoms with Crippen LogP contribution in [-0.2, 0) is 22.5 Å². The van der Waals surface area contributed by atoms with Gasteiger partial charge in [-0.05, 0) is 31.4 Å². The topological polar surface area (TPSA) is 102 Å². The minimum Gasteiger partial charge on any atom is -0.383 e. The third-order valence-corrected chi connectivity index (χ3v) is 7.38. The van der Waals surface area contributed by atoms with Crippen LogP contribution in [0.2, 0.25) is 0 Å². The van der Waals surface area contributed by atoms with Crippen LogP contribution in [-0.4, -0.2) is 47.5 Å². The fourth-order valence-corrected chi connectivity index (χ4v) is 5.27. The minimum absolute atomic E-state index is 0.0471. The molecule has 0 atom stereocenters. The number of fused-ring (bicyclic) bond motifs is 1. The van der Waals surface area contributed by atoms with E-state index in [-0.39, 0.29) is 11.3 Å². The molecular weight excluding hydrogens is 460 g/mol. The van der Waals surface area contributed by atoms with E-state index >= 15 is 0 Å². The van der Waals surface area contributed by atoms with Crippen molar-refractivity contribution in [1.82, 2.24) is 20.2 Å². The summed E-state index contributed by atoms with van der Waals surface area (Å²) in [6, 6.07) is 7.38. The lowest BCUT2D eigenvalue weighted by molar-refractivity contribution is -0.117. The lowest BCUT2D eigenvalue weighted by Gasteiger charge is -2.13. The van der Waals surface area contributed by atoms with Crippen molar-refractivity contribution in [1.29, 1.82) is 0 Å². The zero-order valence-electron chi connectivity index (χ0n) is 19.2. The Balaban J connectivity index is 1.87. The maximum atomic E-state index is 13.5. The van der Waals surface area contributed by atoms with Crippen molar-refractivity contribution < 1.29 is 14.3 Å². The summed E-state index contributed by atoms with van der Waals surface area (Å²) in [6.45, 7) is 7.02. The van der Waals surface area contributed by atoms with Crippen molar-refractivity contribution in [2.75, 3.05) is 26.0 Å². The zero-order valence-corrected chi connectivity index (χ0v) is 20.8. The van der Waals surface area contributed by atoms with Crippen molar-refractivity contribution in [2.24, 2.45) is 0 Å². The third-order valence-electron chi connectivity index (χ3n) is 5.07. The number of thioether (sulfide) groups is 1. The Kier molecular flexibility index (Phi) is 8.65. The van der Waals surface area contributed by atoms with Crippen molar-refractivity contribution >= 4 is 45.3 Å². The number of imide groups is 1. The molecule has 0 saturated heterocycles. The second kappa shape index (κ2) is 11.4. The quantitative estimate of drug-likeness (QED) is 0.272. The number of rotatable bonds is 9. The SMILES string of the molecule is CCc1sc2nc(SCC(=O)NC(=O)NCCOC)n(Cc3ccc(C)cc3)c(=O)c2c1C. The van der Waals surface area contributed by atoms with Gasteiger partial charge in [-0.25, -0.2) is 9.78 Å². The largest absolute Gasteiger partial charge is 0.383 e. The molecule has 8 nitrogen and oxygen atoms in total. The van der Waals surface area contributed by atoms with Crippen molar-refractivity contribution in [3.05, 3.63) is 56.2 Å². The highest BCUT2D eigenvalue weighted by molar-refractivity contribution is 7.99. The standard InChI is InChI=1S/C23H28N4O4S2/c1-5-17-15(3)19-20(33-17)26-23(32-13-18(28)25-22(30)24-10-11-31-4)27(21(19)29)12-16-8-6-14(2)7-9-16/h6-9H,5,10-13H2,1-4H3,(H2,24,25,28,30). The predicted octanol–water partition coefficient (Wildman–Crippen LogP) is 3.25. The van der Waals surface area contributed by atoms with E-state index in [9.17, 15) is 14.4 Å². The van der Waals surface area contributed by atoms with Gasteiger partial charge in [0.2, 0.25) is 5.91 Å². The van der Waals surface area contributed by atoms with Gasteiger partial charge in [0, 0.05) is 18.5 Å². The second-order valence-electron chi connectivity index (χ2n) is 7.54. The fourth-order valence-electron chi connectivity index (χ4n) is 3.31. The molecule has 2 N–H and O–H groups in total. The molecule has 3 aromatic rings. The summed E-state index contributed by atoms with van der Waals surface area (Å²) in [5, 5.41) is 5.90. The number of aromatic nitrogens is 2. The van der Waals surface area contributed by atoms with Gasteiger partial charge in [-0.1, -0.05) is 48.5 Å². The average Bonchev–Trinajstić information content (AvgIpc) is 3.11. The van der Waals surface area contributed by atoms with E-state index in [1.54, 1.807) is 4.57 Å². The molecule has 1 aromatic carbocycles. The molecule has 0 radical (unpaired) electrons. The maximum absolute atomic E-state index is 13.5. The van der Waals surface area contributed by atoms with E-state index in [2.05, 4.69) is 17.6 Å². The van der Waals surface area contributed by atoms with Crippen LogP contribution in [0, 0.1) is 13.8 Å². The van der Waals surface area contributed by atoms with E-state index in [0.717, 1.165) is 39.8 Å². The monoisotopic (exact) mass is 488 g/mol. The normalized spacial score (nSPS) is 11.0. The van der Waals surface area contributed by atoms with Gasteiger partial charge in [-0.3, -0.25) is 19.5 Å². The van der Waals surface area contributed by atoms with Gasteiger partial charge in [-0.2, -0.15) is 0 Å². The van der Waals surface area contributed by atoms with Crippen LogP contribution >= 0.6 is 23.1 Å². The van der Waals surface area contributed by atoms with E-state index in [1.165, 1.54) is 18.4 Å². The Labute approximate surface area is 200 Å². The van der Waals surface area contributed by atoms with Crippen LogP contribution in [0.1, 0.15) is 28.5 Å². The molecule has 0 unspecified atom stereocenters. The van der Waals surface area contributed by atoms with Gasteiger partial charge >= 0.3 is 6.03 Å². The highest BCUT2D eigenvalue weighted by Gasteiger charge is 2.19. The Bertz CT molecular complexity index is 1200. The molecule has 0 bridgehead atoms. The maximum Gasteiger partial charge on any atom is 0.321 e. The zero-order chi connectivity index (χ0) is 24.0. The molecule has 0 spiro atoms. The number of thiophene rings is 1. The molecule has 3 rings (SSSR count). The molecule has 0 aliphatic rings. The van der Waals surface area contributed by atoms with E-state index in [1.807, 2.05) is 38.1 Å². The number of nitrogens with one attached hydrogen (secondary N) is 2. The number of hydrogen-bond acceptors (Lipinski definition) is 7. The summed E-state index contributed by atoms with van der Waals surface area (Å²) in [5.41, 5.74) is 2.95. The molecule has 0 fully saturated rings. The van der Waals surface area contributed by atoms with Gasteiger partial charge in [0.25, 0.3) is 5.56 Å². The van der Waals surface area contributed by atoms with Gasteiger partial charge in [-0.15, -0.1) is 11.3 Å². The Morgan fingerprint density at radius 3 is 2.61 bits per heavy atom. The Morgan fingerprint density at radius 2 is 1.94 bits per heavy atom. The molecule has 3 amide bonds.